The Hall–Kier alpha value is -1.98. The number of nitrogens with zero attached hydrogens (tertiary/aromatic N) is 2. The molecule has 0 saturated carbocycles. The van der Waals surface area contributed by atoms with E-state index in [0.29, 0.717) is 0 Å². The molecule has 1 amide bonds. The molecule has 0 unspecified atom stereocenters. The van der Waals surface area contributed by atoms with Crippen molar-refractivity contribution in [3.8, 4) is 0 Å². The minimum Gasteiger partial charge on any atom is -0.321 e. The zero-order valence-corrected chi connectivity index (χ0v) is 19.5. The molecule has 0 aliphatic rings. The van der Waals surface area contributed by atoms with Crippen LogP contribution in [0.2, 0.25) is 5.02 Å². The average molecular weight is 474 g/mol. The minimum atomic E-state index is -3.81. The number of sulfonamides is 2. The SMILES string of the molecule is CCN(CC)S(=O)(=O)c1ccc(Cl)c(C(=O)Nc2ccccc2S(=O)(=O)N(C)C)c1. The standard InChI is InChI=1S/C19H24ClN3O5S2/c1-5-23(6-2)29(25,26)14-11-12-16(20)15(13-14)19(24)21-17-9-7-8-10-18(17)30(27,28)22(3)4/h7-13H,5-6H2,1-4H3,(H,21,24). The van der Waals surface area contributed by atoms with Crippen LogP contribution < -0.4 is 5.32 Å². The average Bonchev–Trinajstić information content (AvgIpc) is 2.69. The molecule has 30 heavy (non-hydrogen) atoms. The maximum Gasteiger partial charge on any atom is 0.257 e. The van der Waals surface area contributed by atoms with Gasteiger partial charge in [0, 0.05) is 27.2 Å². The summed E-state index contributed by atoms with van der Waals surface area (Å²) in [6, 6.07) is 9.77. The van der Waals surface area contributed by atoms with Crippen LogP contribution >= 0.6 is 11.6 Å². The summed E-state index contributed by atoms with van der Waals surface area (Å²) < 4.78 is 52.9. The van der Waals surface area contributed by atoms with Crippen molar-refractivity contribution in [3.05, 3.63) is 53.1 Å². The molecule has 8 nitrogen and oxygen atoms in total. The Morgan fingerprint density at radius 1 is 0.967 bits per heavy atom. The summed E-state index contributed by atoms with van der Waals surface area (Å²) in [6.07, 6.45) is 0. The van der Waals surface area contributed by atoms with E-state index < -0.39 is 26.0 Å². The van der Waals surface area contributed by atoms with Crippen molar-refractivity contribution in [2.75, 3.05) is 32.5 Å². The number of halogens is 1. The molecular weight excluding hydrogens is 450 g/mol. The van der Waals surface area contributed by atoms with Gasteiger partial charge in [-0.05, 0) is 30.3 Å². The van der Waals surface area contributed by atoms with Crippen LogP contribution in [0.15, 0.2) is 52.3 Å². The van der Waals surface area contributed by atoms with Gasteiger partial charge in [-0.3, -0.25) is 4.79 Å². The van der Waals surface area contributed by atoms with Crippen molar-refractivity contribution in [1.82, 2.24) is 8.61 Å². The zero-order chi connectivity index (χ0) is 22.7. The first-order valence-corrected chi connectivity index (χ1v) is 12.3. The highest BCUT2D eigenvalue weighted by Gasteiger charge is 2.25. The lowest BCUT2D eigenvalue weighted by molar-refractivity contribution is 0.102. The molecule has 164 valence electrons. The van der Waals surface area contributed by atoms with Crippen molar-refractivity contribution >= 4 is 43.2 Å². The largest absolute Gasteiger partial charge is 0.321 e. The number of hydrogen-bond acceptors (Lipinski definition) is 5. The fraction of sp³-hybridized carbons (Fsp3) is 0.316. The summed E-state index contributed by atoms with van der Waals surface area (Å²) in [6.45, 7) is 3.98. The van der Waals surface area contributed by atoms with E-state index in [9.17, 15) is 21.6 Å². The zero-order valence-electron chi connectivity index (χ0n) is 17.1. The fourth-order valence-corrected chi connectivity index (χ4v) is 5.46. The lowest BCUT2D eigenvalue weighted by Crippen LogP contribution is -2.30. The summed E-state index contributed by atoms with van der Waals surface area (Å²) in [5.41, 5.74) is -0.0220. The van der Waals surface area contributed by atoms with Crippen LogP contribution in [-0.4, -0.2) is 58.5 Å². The number of nitrogens with one attached hydrogen (secondary N) is 1. The van der Waals surface area contributed by atoms with Crippen LogP contribution in [0.1, 0.15) is 24.2 Å². The van der Waals surface area contributed by atoms with Gasteiger partial charge in [0.15, 0.2) is 0 Å². The molecule has 2 aromatic rings. The number of anilines is 1. The third-order valence-electron chi connectivity index (χ3n) is 4.42. The van der Waals surface area contributed by atoms with Crippen molar-refractivity contribution in [1.29, 1.82) is 0 Å². The molecule has 0 atom stereocenters. The Kier molecular flexibility index (Phi) is 7.64. The van der Waals surface area contributed by atoms with Crippen molar-refractivity contribution in [3.63, 3.8) is 0 Å². The summed E-state index contributed by atoms with van der Waals surface area (Å²) in [5.74, 6) is -0.724. The second kappa shape index (κ2) is 9.44. The molecule has 0 aromatic heterocycles. The quantitative estimate of drug-likeness (QED) is 0.634. The Morgan fingerprint density at radius 3 is 2.13 bits per heavy atom. The van der Waals surface area contributed by atoms with E-state index in [4.69, 9.17) is 11.6 Å². The molecule has 0 aliphatic carbocycles. The minimum absolute atomic E-state index is 0.0407. The van der Waals surface area contributed by atoms with E-state index in [2.05, 4.69) is 5.32 Å². The summed E-state index contributed by atoms with van der Waals surface area (Å²) >= 11 is 6.14. The Morgan fingerprint density at radius 2 is 1.57 bits per heavy atom. The molecule has 0 bridgehead atoms. The highest BCUT2D eigenvalue weighted by atomic mass is 35.5. The number of hydrogen-bond donors (Lipinski definition) is 1. The summed E-state index contributed by atoms with van der Waals surface area (Å²) in [5, 5.41) is 2.57. The van der Waals surface area contributed by atoms with Gasteiger partial charge in [-0.2, -0.15) is 4.31 Å². The molecule has 0 fully saturated rings. The number of amides is 1. The second-order valence-electron chi connectivity index (χ2n) is 6.47. The van der Waals surface area contributed by atoms with E-state index in [0.717, 1.165) is 4.31 Å². The van der Waals surface area contributed by atoms with Gasteiger partial charge < -0.3 is 5.32 Å². The molecule has 0 aliphatic heterocycles. The smallest absolute Gasteiger partial charge is 0.257 e. The number of carbonyl (C=O) groups is 1. The Labute approximate surface area is 182 Å². The van der Waals surface area contributed by atoms with E-state index in [1.54, 1.807) is 19.9 Å². The van der Waals surface area contributed by atoms with Gasteiger partial charge in [0.2, 0.25) is 20.0 Å². The van der Waals surface area contributed by atoms with Gasteiger partial charge in [0.25, 0.3) is 5.91 Å². The van der Waals surface area contributed by atoms with E-state index in [1.807, 2.05) is 0 Å². The molecular formula is C19H24ClN3O5S2. The van der Waals surface area contributed by atoms with Gasteiger partial charge in [-0.15, -0.1) is 0 Å². The highest BCUT2D eigenvalue weighted by molar-refractivity contribution is 7.89. The predicted octanol–water partition coefficient (Wildman–Crippen LogP) is 2.87. The maximum atomic E-state index is 12.9. The first-order valence-electron chi connectivity index (χ1n) is 9.09. The van der Waals surface area contributed by atoms with E-state index in [-0.39, 0.29) is 39.2 Å². The molecule has 0 radical (unpaired) electrons. The van der Waals surface area contributed by atoms with Crippen LogP contribution in [0.3, 0.4) is 0 Å². The van der Waals surface area contributed by atoms with E-state index >= 15 is 0 Å². The predicted molar refractivity (Wildman–Crippen MR) is 117 cm³/mol. The number of carbonyl (C=O) groups excluding carboxylic acids is 1. The van der Waals surface area contributed by atoms with Crippen molar-refractivity contribution in [2.45, 2.75) is 23.6 Å². The number of benzene rings is 2. The molecule has 11 heteroatoms. The van der Waals surface area contributed by atoms with E-state index in [1.165, 1.54) is 54.8 Å². The monoisotopic (exact) mass is 473 g/mol. The van der Waals surface area contributed by atoms with Crippen LogP contribution in [0.25, 0.3) is 0 Å². The first-order chi connectivity index (χ1) is 14.0. The summed E-state index contributed by atoms with van der Waals surface area (Å²) in [7, 11) is -4.85. The summed E-state index contributed by atoms with van der Waals surface area (Å²) in [4.78, 5) is 12.7. The Balaban J connectivity index is 2.48. The molecule has 0 heterocycles. The molecule has 1 N–H and O–H groups in total. The lowest BCUT2D eigenvalue weighted by atomic mass is 10.2. The fourth-order valence-electron chi connectivity index (χ4n) is 2.73. The van der Waals surface area contributed by atoms with Crippen LogP contribution in [0.5, 0.6) is 0 Å². The maximum absolute atomic E-state index is 12.9. The van der Waals surface area contributed by atoms with Gasteiger partial charge in [-0.25, -0.2) is 21.1 Å². The van der Waals surface area contributed by atoms with Gasteiger partial charge in [0.1, 0.15) is 4.90 Å². The molecule has 2 rings (SSSR count). The van der Waals surface area contributed by atoms with Crippen molar-refractivity contribution in [2.24, 2.45) is 0 Å². The van der Waals surface area contributed by atoms with Gasteiger partial charge >= 0.3 is 0 Å². The second-order valence-corrected chi connectivity index (χ2v) is 10.9. The van der Waals surface area contributed by atoms with Gasteiger partial charge in [0.05, 0.1) is 21.2 Å². The highest BCUT2D eigenvalue weighted by Crippen LogP contribution is 2.27. The lowest BCUT2D eigenvalue weighted by Gasteiger charge is -2.19. The number of rotatable bonds is 8. The molecule has 0 saturated heterocycles. The van der Waals surface area contributed by atoms with Crippen LogP contribution in [0, 0.1) is 0 Å². The first kappa shape index (κ1) is 24.3. The van der Waals surface area contributed by atoms with Gasteiger partial charge in [-0.1, -0.05) is 37.6 Å². The topological polar surface area (TPSA) is 104 Å². The van der Waals surface area contributed by atoms with Crippen molar-refractivity contribution < 1.29 is 21.6 Å². The normalized spacial score (nSPS) is 12.4. The molecule has 2 aromatic carbocycles. The third-order valence-corrected chi connectivity index (χ3v) is 8.67. The Bertz CT molecular complexity index is 1140. The molecule has 0 spiro atoms. The van der Waals surface area contributed by atoms with Crippen LogP contribution in [-0.2, 0) is 20.0 Å². The third kappa shape index (κ3) is 4.84. The van der Waals surface area contributed by atoms with Crippen LogP contribution in [0.4, 0.5) is 5.69 Å². The number of para-hydroxylation sites is 1.